The van der Waals surface area contributed by atoms with E-state index < -0.39 is 0 Å². The zero-order chi connectivity index (χ0) is 10.7. The van der Waals surface area contributed by atoms with Gasteiger partial charge in [0.15, 0.2) is 0 Å². The van der Waals surface area contributed by atoms with Crippen molar-refractivity contribution in [2.24, 2.45) is 10.8 Å². The average Bonchev–Trinajstić information content (AvgIpc) is 2.26. The van der Waals surface area contributed by atoms with Gasteiger partial charge in [-0.15, -0.1) is 0 Å². The maximum absolute atomic E-state index is 10.6. The van der Waals surface area contributed by atoms with E-state index in [1.165, 1.54) is 5.56 Å². The lowest BCUT2D eigenvalue weighted by Crippen LogP contribution is -2.26. The fourth-order valence-corrected chi connectivity index (χ4v) is 1.56. The summed E-state index contributed by atoms with van der Waals surface area (Å²) in [7, 11) is 0. The molecule has 1 heterocycles. The number of nitrogens with two attached hydrogens (primary N) is 1. The molecule has 15 heavy (non-hydrogen) atoms. The van der Waals surface area contributed by atoms with E-state index in [-0.39, 0.29) is 5.91 Å². The molecule has 0 saturated heterocycles. The molecule has 0 fully saturated rings. The zero-order valence-electron chi connectivity index (χ0n) is 8.39. The van der Waals surface area contributed by atoms with Gasteiger partial charge >= 0.3 is 0 Å². The second-order valence-electron chi connectivity index (χ2n) is 3.55. The van der Waals surface area contributed by atoms with Gasteiger partial charge in [0, 0.05) is 13.0 Å². The lowest BCUT2D eigenvalue weighted by molar-refractivity contribution is -0.118. The number of benzene rings is 1. The first-order chi connectivity index (χ1) is 7.25. The van der Waals surface area contributed by atoms with Gasteiger partial charge < -0.3 is 5.73 Å². The Morgan fingerprint density at radius 2 is 2.27 bits per heavy atom. The zero-order valence-corrected chi connectivity index (χ0v) is 8.39. The molecule has 0 atom stereocenters. The number of carbonyl (C=O) groups excluding carboxylic acids is 1. The van der Waals surface area contributed by atoms with Crippen molar-refractivity contribution in [3.05, 3.63) is 35.4 Å². The minimum atomic E-state index is -0.288. The van der Waals surface area contributed by atoms with Crippen molar-refractivity contribution >= 4 is 12.1 Å². The van der Waals surface area contributed by atoms with Crippen molar-refractivity contribution < 1.29 is 4.79 Å². The molecule has 1 aromatic rings. The second-order valence-corrected chi connectivity index (χ2v) is 3.55. The predicted octanol–water partition coefficient (Wildman–Crippen LogP) is 0.711. The van der Waals surface area contributed by atoms with Crippen LogP contribution in [0.2, 0.25) is 0 Å². The van der Waals surface area contributed by atoms with Crippen LogP contribution in [-0.4, -0.2) is 23.7 Å². The number of amides is 1. The molecule has 2 rings (SSSR count). The first-order valence-corrected chi connectivity index (χ1v) is 4.91. The maximum Gasteiger partial charge on any atom is 0.219 e. The minimum absolute atomic E-state index is 0.288. The summed E-state index contributed by atoms with van der Waals surface area (Å²) in [5, 5.41) is 6.10. The fraction of sp³-hybridized carbons (Fsp3) is 0.273. The number of hydrogen-bond donors (Lipinski definition) is 1. The highest BCUT2D eigenvalue weighted by molar-refractivity contribution is 5.82. The topological polar surface area (TPSA) is 58.7 Å². The lowest BCUT2D eigenvalue weighted by Gasteiger charge is -2.23. The molecule has 1 aromatic carbocycles. The monoisotopic (exact) mass is 203 g/mol. The summed E-state index contributed by atoms with van der Waals surface area (Å²) in [4.78, 5) is 10.6. The molecule has 0 bridgehead atoms. The molecule has 1 aliphatic heterocycles. The second kappa shape index (κ2) is 4.13. The first-order valence-electron chi connectivity index (χ1n) is 4.91. The molecule has 0 radical (unpaired) electrons. The first kappa shape index (κ1) is 9.71. The van der Waals surface area contributed by atoms with Crippen molar-refractivity contribution in [1.29, 1.82) is 0 Å². The van der Waals surface area contributed by atoms with Gasteiger partial charge in [0.1, 0.15) is 0 Å². The van der Waals surface area contributed by atoms with Crippen LogP contribution in [0, 0.1) is 0 Å². The molecule has 0 aliphatic carbocycles. The Kier molecular flexibility index (Phi) is 2.67. The molecule has 78 valence electrons. The van der Waals surface area contributed by atoms with Crippen molar-refractivity contribution in [2.45, 2.75) is 13.0 Å². The Bertz CT molecular complexity index is 401. The van der Waals surface area contributed by atoms with Gasteiger partial charge in [-0.3, -0.25) is 9.80 Å². The standard InChI is InChI=1S/C11H13N3O/c12-11(15)5-6-14-8-10-4-2-1-3-9(10)7-13-14/h1-4,7H,5-6,8H2,(H2,12,15). The average molecular weight is 203 g/mol. The third-order valence-electron chi connectivity index (χ3n) is 2.38. The van der Waals surface area contributed by atoms with Crippen LogP contribution < -0.4 is 5.73 Å². The Morgan fingerprint density at radius 1 is 1.47 bits per heavy atom. The van der Waals surface area contributed by atoms with Crippen molar-refractivity contribution in [2.75, 3.05) is 6.54 Å². The highest BCUT2D eigenvalue weighted by Crippen LogP contribution is 2.14. The van der Waals surface area contributed by atoms with E-state index in [0.29, 0.717) is 13.0 Å². The van der Waals surface area contributed by atoms with Crippen LogP contribution in [0.15, 0.2) is 29.4 Å². The molecular formula is C11H13N3O. The summed E-state index contributed by atoms with van der Waals surface area (Å²) in [6.45, 7) is 1.33. The number of hydrogen-bond acceptors (Lipinski definition) is 3. The van der Waals surface area contributed by atoms with E-state index >= 15 is 0 Å². The van der Waals surface area contributed by atoms with E-state index in [0.717, 1.165) is 12.1 Å². The van der Waals surface area contributed by atoms with E-state index in [4.69, 9.17) is 5.73 Å². The number of rotatable bonds is 3. The Morgan fingerprint density at radius 3 is 3.07 bits per heavy atom. The third kappa shape index (κ3) is 2.34. The molecule has 2 N–H and O–H groups in total. The quantitative estimate of drug-likeness (QED) is 0.786. The molecule has 0 spiro atoms. The lowest BCUT2D eigenvalue weighted by atomic mass is 10.1. The van der Waals surface area contributed by atoms with Gasteiger partial charge in [-0.1, -0.05) is 24.3 Å². The highest BCUT2D eigenvalue weighted by atomic mass is 16.1. The molecular weight excluding hydrogens is 190 g/mol. The molecule has 0 unspecified atom stereocenters. The molecule has 4 heteroatoms. The number of fused-ring (bicyclic) bond motifs is 1. The SMILES string of the molecule is NC(=O)CCN1Cc2ccccc2C=N1. The Balaban J connectivity index is 2.03. The third-order valence-corrected chi connectivity index (χ3v) is 2.38. The van der Waals surface area contributed by atoms with Gasteiger partial charge in [-0.25, -0.2) is 0 Å². The molecule has 0 aromatic heterocycles. The van der Waals surface area contributed by atoms with Gasteiger partial charge in [0.2, 0.25) is 5.91 Å². The number of carbonyl (C=O) groups is 1. The van der Waals surface area contributed by atoms with E-state index in [1.807, 2.05) is 29.4 Å². The summed E-state index contributed by atoms with van der Waals surface area (Å²) >= 11 is 0. The van der Waals surface area contributed by atoms with E-state index in [9.17, 15) is 4.79 Å². The normalized spacial score (nSPS) is 13.7. The number of hydrazone groups is 1. The summed E-state index contributed by atoms with van der Waals surface area (Å²) in [6, 6.07) is 8.09. The Hall–Kier alpha value is -1.84. The predicted molar refractivity (Wildman–Crippen MR) is 58.3 cm³/mol. The van der Waals surface area contributed by atoms with Gasteiger partial charge in [-0.05, 0) is 11.1 Å². The molecule has 1 aliphatic rings. The fourth-order valence-electron chi connectivity index (χ4n) is 1.56. The van der Waals surface area contributed by atoms with Crippen LogP contribution >= 0.6 is 0 Å². The van der Waals surface area contributed by atoms with Gasteiger partial charge in [0.05, 0.1) is 12.8 Å². The smallest absolute Gasteiger partial charge is 0.219 e. The highest BCUT2D eigenvalue weighted by Gasteiger charge is 2.11. The van der Waals surface area contributed by atoms with Crippen LogP contribution in [0.25, 0.3) is 0 Å². The minimum Gasteiger partial charge on any atom is -0.370 e. The van der Waals surface area contributed by atoms with Crippen molar-refractivity contribution in [3.63, 3.8) is 0 Å². The van der Waals surface area contributed by atoms with Crippen LogP contribution in [0.1, 0.15) is 17.5 Å². The summed E-state index contributed by atoms with van der Waals surface area (Å²) in [6.07, 6.45) is 2.17. The maximum atomic E-state index is 10.6. The van der Waals surface area contributed by atoms with Crippen molar-refractivity contribution in [3.8, 4) is 0 Å². The molecule has 4 nitrogen and oxygen atoms in total. The molecule has 0 saturated carbocycles. The van der Waals surface area contributed by atoms with Gasteiger partial charge in [0.25, 0.3) is 0 Å². The molecule has 1 amide bonds. The largest absolute Gasteiger partial charge is 0.370 e. The van der Waals surface area contributed by atoms with Gasteiger partial charge in [-0.2, -0.15) is 5.10 Å². The van der Waals surface area contributed by atoms with Crippen LogP contribution in [-0.2, 0) is 11.3 Å². The number of nitrogens with zero attached hydrogens (tertiary/aromatic N) is 2. The Labute approximate surface area is 88.4 Å². The van der Waals surface area contributed by atoms with Crippen LogP contribution in [0.3, 0.4) is 0 Å². The van der Waals surface area contributed by atoms with Crippen molar-refractivity contribution in [1.82, 2.24) is 5.01 Å². The van der Waals surface area contributed by atoms with Crippen LogP contribution in [0.5, 0.6) is 0 Å². The summed E-state index contributed by atoms with van der Waals surface area (Å²) < 4.78 is 0. The van der Waals surface area contributed by atoms with Crippen LogP contribution in [0.4, 0.5) is 0 Å². The summed E-state index contributed by atoms with van der Waals surface area (Å²) in [5.74, 6) is -0.288. The number of primary amides is 1. The summed E-state index contributed by atoms with van der Waals surface area (Å²) in [5.41, 5.74) is 7.47. The van der Waals surface area contributed by atoms with E-state index in [1.54, 1.807) is 0 Å². The van der Waals surface area contributed by atoms with E-state index in [2.05, 4.69) is 11.2 Å².